The Hall–Kier alpha value is -0.800. The van der Waals surface area contributed by atoms with E-state index in [1.807, 2.05) is 12.3 Å². The first kappa shape index (κ1) is 13.3. The minimum Gasteiger partial charge on any atom is -0.365 e. The molecule has 3 heteroatoms. The highest BCUT2D eigenvalue weighted by atomic mass is 15.1. The predicted molar refractivity (Wildman–Crippen MR) is 69.5 cm³/mol. The first-order valence-electron chi connectivity index (χ1n) is 6.07. The molecule has 0 fully saturated rings. The second-order valence-corrected chi connectivity index (χ2v) is 5.34. The third kappa shape index (κ3) is 5.93. The van der Waals surface area contributed by atoms with Crippen LogP contribution in [0, 0.1) is 0 Å². The zero-order valence-electron chi connectivity index (χ0n) is 10.8. The molecule has 1 aromatic heterocycles. The van der Waals surface area contributed by atoms with E-state index < -0.39 is 0 Å². The van der Waals surface area contributed by atoms with Crippen LogP contribution in [0.1, 0.15) is 32.4 Å². The van der Waals surface area contributed by atoms with Crippen LogP contribution in [0.4, 0.5) is 0 Å². The number of likely N-dealkylation sites (N-methyl/N-ethyl adjacent to an activating group) is 1. The van der Waals surface area contributed by atoms with Gasteiger partial charge in [0.25, 0.3) is 0 Å². The van der Waals surface area contributed by atoms with Gasteiger partial charge in [-0.3, -0.25) is 0 Å². The molecule has 0 aliphatic rings. The summed E-state index contributed by atoms with van der Waals surface area (Å²) in [5.74, 6) is 0. The fourth-order valence-electron chi connectivity index (χ4n) is 1.75. The van der Waals surface area contributed by atoms with Gasteiger partial charge in [0.2, 0.25) is 0 Å². The van der Waals surface area contributed by atoms with Crippen molar-refractivity contribution in [3.05, 3.63) is 24.0 Å². The molecule has 0 aliphatic carbocycles. The number of aromatic amines is 1. The summed E-state index contributed by atoms with van der Waals surface area (Å²) in [7, 11) is 2.17. The van der Waals surface area contributed by atoms with Gasteiger partial charge in [0, 0.05) is 30.4 Å². The second-order valence-electron chi connectivity index (χ2n) is 5.34. The minimum atomic E-state index is -0.0275. The van der Waals surface area contributed by atoms with Crippen LogP contribution < -0.4 is 5.73 Å². The molecule has 0 saturated heterocycles. The van der Waals surface area contributed by atoms with E-state index in [2.05, 4.69) is 36.8 Å². The average molecular weight is 223 g/mol. The summed E-state index contributed by atoms with van der Waals surface area (Å²) in [6, 6.07) is 4.18. The Balaban J connectivity index is 2.09. The van der Waals surface area contributed by atoms with E-state index in [4.69, 9.17) is 5.73 Å². The standard InChI is InChI=1S/C13H25N3/c1-13(2,14)8-5-10-16(3)11-7-12-6-4-9-15-12/h4,6,9,15H,5,7-8,10-11,14H2,1-3H3. The van der Waals surface area contributed by atoms with Crippen molar-refractivity contribution in [3.8, 4) is 0 Å². The van der Waals surface area contributed by atoms with Gasteiger partial charge in [0.15, 0.2) is 0 Å². The summed E-state index contributed by atoms with van der Waals surface area (Å²) in [5, 5.41) is 0. The fraction of sp³-hybridized carbons (Fsp3) is 0.692. The Morgan fingerprint density at radius 2 is 2.12 bits per heavy atom. The number of rotatable bonds is 7. The molecular formula is C13H25N3. The van der Waals surface area contributed by atoms with E-state index in [0.717, 1.165) is 25.9 Å². The highest BCUT2D eigenvalue weighted by molar-refractivity contribution is 5.03. The molecule has 3 N–H and O–H groups in total. The topological polar surface area (TPSA) is 45.0 Å². The van der Waals surface area contributed by atoms with Crippen LogP contribution in [0.25, 0.3) is 0 Å². The monoisotopic (exact) mass is 223 g/mol. The van der Waals surface area contributed by atoms with Crippen LogP contribution in [-0.4, -0.2) is 35.6 Å². The molecule has 0 spiro atoms. The largest absolute Gasteiger partial charge is 0.365 e. The zero-order chi connectivity index (χ0) is 12.0. The molecule has 0 aromatic carbocycles. The number of nitrogens with two attached hydrogens (primary N) is 1. The maximum Gasteiger partial charge on any atom is 0.0159 e. The summed E-state index contributed by atoms with van der Waals surface area (Å²) in [5.41, 5.74) is 7.23. The van der Waals surface area contributed by atoms with Crippen LogP contribution >= 0.6 is 0 Å². The van der Waals surface area contributed by atoms with Gasteiger partial charge >= 0.3 is 0 Å². The van der Waals surface area contributed by atoms with Crippen molar-refractivity contribution < 1.29 is 0 Å². The van der Waals surface area contributed by atoms with Gasteiger partial charge in [-0.05, 0) is 52.4 Å². The van der Waals surface area contributed by atoms with Crippen molar-refractivity contribution in [1.29, 1.82) is 0 Å². The molecule has 1 rings (SSSR count). The smallest absolute Gasteiger partial charge is 0.0159 e. The summed E-state index contributed by atoms with van der Waals surface area (Å²) in [6.45, 7) is 6.41. The van der Waals surface area contributed by atoms with E-state index in [1.54, 1.807) is 0 Å². The van der Waals surface area contributed by atoms with E-state index in [-0.39, 0.29) is 5.54 Å². The second kappa shape index (κ2) is 6.06. The minimum absolute atomic E-state index is 0.0275. The number of H-pyrrole nitrogens is 1. The van der Waals surface area contributed by atoms with E-state index in [0.29, 0.717) is 0 Å². The quantitative estimate of drug-likeness (QED) is 0.742. The first-order chi connectivity index (χ1) is 7.47. The molecule has 0 saturated carbocycles. The van der Waals surface area contributed by atoms with Crippen LogP contribution in [-0.2, 0) is 6.42 Å². The maximum atomic E-state index is 5.95. The van der Waals surface area contributed by atoms with Crippen molar-refractivity contribution in [2.24, 2.45) is 5.73 Å². The molecule has 0 radical (unpaired) electrons. The molecule has 0 bridgehead atoms. The van der Waals surface area contributed by atoms with Crippen molar-refractivity contribution >= 4 is 0 Å². The predicted octanol–water partition coefficient (Wildman–Crippen LogP) is 2.01. The molecule has 3 nitrogen and oxygen atoms in total. The lowest BCUT2D eigenvalue weighted by Gasteiger charge is -2.21. The van der Waals surface area contributed by atoms with Crippen molar-refractivity contribution in [1.82, 2.24) is 9.88 Å². The first-order valence-corrected chi connectivity index (χ1v) is 6.07. The fourth-order valence-corrected chi connectivity index (χ4v) is 1.75. The normalized spacial score (nSPS) is 12.3. The lowest BCUT2D eigenvalue weighted by Crippen LogP contribution is -2.33. The highest BCUT2D eigenvalue weighted by Crippen LogP contribution is 2.07. The maximum absolute atomic E-state index is 5.95. The van der Waals surface area contributed by atoms with Crippen molar-refractivity contribution in [2.45, 2.75) is 38.6 Å². The Morgan fingerprint density at radius 3 is 2.69 bits per heavy atom. The average Bonchev–Trinajstić information content (AvgIpc) is 2.65. The molecule has 0 aliphatic heterocycles. The number of nitrogens with one attached hydrogen (secondary N) is 1. The van der Waals surface area contributed by atoms with Crippen LogP contribution in [0.5, 0.6) is 0 Å². The van der Waals surface area contributed by atoms with Crippen molar-refractivity contribution in [2.75, 3.05) is 20.1 Å². The van der Waals surface area contributed by atoms with Gasteiger partial charge < -0.3 is 15.6 Å². The van der Waals surface area contributed by atoms with Crippen LogP contribution in [0.3, 0.4) is 0 Å². The Morgan fingerprint density at radius 1 is 1.38 bits per heavy atom. The van der Waals surface area contributed by atoms with Gasteiger partial charge in [0.1, 0.15) is 0 Å². The Bertz CT molecular complexity index is 272. The number of nitrogens with zero attached hydrogens (tertiary/aromatic N) is 1. The number of hydrogen-bond acceptors (Lipinski definition) is 2. The third-order valence-corrected chi connectivity index (χ3v) is 2.79. The molecule has 92 valence electrons. The highest BCUT2D eigenvalue weighted by Gasteiger charge is 2.10. The summed E-state index contributed by atoms with van der Waals surface area (Å²) in [4.78, 5) is 5.59. The molecule has 1 heterocycles. The van der Waals surface area contributed by atoms with Gasteiger partial charge in [0.05, 0.1) is 0 Å². The molecule has 1 aromatic rings. The number of hydrogen-bond donors (Lipinski definition) is 2. The molecule has 0 amide bonds. The summed E-state index contributed by atoms with van der Waals surface area (Å²) >= 11 is 0. The Kier molecular flexibility index (Phi) is 5.03. The van der Waals surface area contributed by atoms with Crippen LogP contribution in [0.2, 0.25) is 0 Å². The van der Waals surface area contributed by atoms with Gasteiger partial charge in [-0.25, -0.2) is 0 Å². The van der Waals surface area contributed by atoms with Crippen molar-refractivity contribution in [3.63, 3.8) is 0 Å². The molecule has 0 atom stereocenters. The van der Waals surface area contributed by atoms with Gasteiger partial charge in [-0.1, -0.05) is 0 Å². The van der Waals surface area contributed by atoms with Crippen LogP contribution in [0.15, 0.2) is 18.3 Å². The number of aromatic nitrogens is 1. The molecule has 16 heavy (non-hydrogen) atoms. The van der Waals surface area contributed by atoms with Gasteiger partial charge in [-0.15, -0.1) is 0 Å². The zero-order valence-corrected chi connectivity index (χ0v) is 10.8. The molecule has 0 unspecified atom stereocenters. The van der Waals surface area contributed by atoms with E-state index in [9.17, 15) is 0 Å². The summed E-state index contributed by atoms with van der Waals surface area (Å²) < 4.78 is 0. The van der Waals surface area contributed by atoms with E-state index >= 15 is 0 Å². The van der Waals surface area contributed by atoms with Gasteiger partial charge in [-0.2, -0.15) is 0 Å². The Labute approximate surface area is 99.0 Å². The van der Waals surface area contributed by atoms with E-state index in [1.165, 1.54) is 12.1 Å². The third-order valence-electron chi connectivity index (χ3n) is 2.79. The lowest BCUT2D eigenvalue weighted by atomic mass is 10.00. The lowest BCUT2D eigenvalue weighted by molar-refractivity contribution is 0.312. The SMILES string of the molecule is CN(CCCC(C)(C)N)CCc1ccc[nH]1. The summed E-state index contributed by atoms with van der Waals surface area (Å²) in [6.07, 6.45) is 5.33. The molecular weight excluding hydrogens is 198 g/mol.